The number of carbonyl (C=O) groups is 3. The summed E-state index contributed by atoms with van der Waals surface area (Å²) in [4.78, 5) is 49.4. The van der Waals surface area contributed by atoms with Crippen molar-refractivity contribution in [3.63, 3.8) is 0 Å². The van der Waals surface area contributed by atoms with Gasteiger partial charge in [0.15, 0.2) is 0 Å². The lowest BCUT2D eigenvalue weighted by Crippen LogP contribution is -2.50. The van der Waals surface area contributed by atoms with E-state index in [9.17, 15) is 23.8 Å². The largest absolute Gasteiger partial charge is 0.495 e. The Labute approximate surface area is 330 Å². The molecule has 0 aliphatic carbocycles. The molecule has 3 amide bonds. The first-order chi connectivity index (χ1) is 20.2. The summed E-state index contributed by atoms with van der Waals surface area (Å²) in [6.07, 6.45) is 0.471. The third-order valence-electron chi connectivity index (χ3n) is 5.31. The molecule has 2 atom stereocenters. The zero-order valence-electron chi connectivity index (χ0n) is 22.7. The highest BCUT2D eigenvalue weighted by Gasteiger charge is 2.30. The Bertz CT molecular complexity index is 1420. The van der Waals surface area contributed by atoms with Crippen molar-refractivity contribution >= 4 is 161 Å². The molecule has 0 bridgehead atoms. The normalized spacial score (nSPS) is 13.1. The highest BCUT2D eigenvalue weighted by Crippen LogP contribution is 2.43. The SMILES string of the molecule is CCCOP(=O)(O)OC[C@H](NC(=O)c1c(I)cc(I)c(OC)c1I)C(=O)NCCNC(=O)c1c(I)cc(I)c(OC)c1I. The number of amides is 3. The van der Waals surface area contributed by atoms with Crippen LogP contribution >= 0.6 is 143 Å². The van der Waals surface area contributed by atoms with E-state index < -0.39 is 32.3 Å². The van der Waals surface area contributed by atoms with Gasteiger partial charge in [0.2, 0.25) is 5.91 Å². The van der Waals surface area contributed by atoms with Gasteiger partial charge in [0.1, 0.15) is 17.5 Å². The molecular weight excluding hydrogens is 1270 g/mol. The summed E-state index contributed by atoms with van der Waals surface area (Å²) in [5.41, 5.74) is 0.723. The number of carbonyl (C=O) groups excluding carboxylic acids is 3. The number of phosphoric acid groups is 1. The van der Waals surface area contributed by atoms with Crippen molar-refractivity contribution in [2.45, 2.75) is 19.4 Å². The van der Waals surface area contributed by atoms with Crippen molar-refractivity contribution in [1.82, 2.24) is 16.0 Å². The Morgan fingerprint density at radius 1 is 0.814 bits per heavy atom. The lowest BCUT2D eigenvalue weighted by molar-refractivity contribution is -0.123. The van der Waals surface area contributed by atoms with Crippen molar-refractivity contribution < 1.29 is 42.4 Å². The summed E-state index contributed by atoms with van der Waals surface area (Å²) in [7, 11) is -1.46. The van der Waals surface area contributed by atoms with Crippen LogP contribution in [-0.4, -0.2) is 69.2 Å². The summed E-state index contributed by atoms with van der Waals surface area (Å²) in [6.45, 7) is 1.15. The molecule has 0 spiro atoms. The van der Waals surface area contributed by atoms with Crippen molar-refractivity contribution in [2.24, 2.45) is 0 Å². The van der Waals surface area contributed by atoms with E-state index in [2.05, 4.69) is 106 Å². The zero-order chi connectivity index (χ0) is 32.5. The maximum absolute atomic E-state index is 13.3. The lowest BCUT2D eigenvalue weighted by Gasteiger charge is -2.21. The van der Waals surface area contributed by atoms with Gasteiger partial charge in [0.05, 0.1) is 52.8 Å². The predicted octanol–water partition coefficient (Wildman–Crippen LogP) is 5.52. The second-order valence-corrected chi connectivity index (χ2v) is 16.6. The van der Waals surface area contributed by atoms with E-state index in [-0.39, 0.29) is 31.2 Å². The van der Waals surface area contributed by atoms with E-state index >= 15 is 0 Å². The van der Waals surface area contributed by atoms with Crippen LogP contribution in [0.5, 0.6) is 11.5 Å². The Morgan fingerprint density at radius 2 is 1.30 bits per heavy atom. The summed E-state index contributed by atoms with van der Waals surface area (Å²) in [5.74, 6) is -0.558. The number of benzene rings is 2. The maximum atomic E-state index is 13.3. The Morgan fingerprint density at radius 3 is 1.79 bits per heavy atom. The van der Waals surface area contributed by atoms with E-state index in [1.165, 1.54) is 14.2 Å². The van der Waals surface area contributed by atoms with Crippen LogP contribution in [-0.2, 0) is 18.4 Å². The average Bonchev–Trinajstić information content (AvgIpc) is 2.92. The number of nitrogens with one attached hydrogen (secondary N) is 3. The van der Waals surface area contributed by atoms with Crippen molar-refractivity contribution in [3.8, 4) is 11.5 Å². The van der Waals surface area contributed by atoms with Crippen LogP contribution in [0.25, 0.3) is 0 Å². The van der Waals surface area contributed by atoms with Gasteiger partial charge in [-0.2, -0.15) is 0 Å². The van der Waals surface area contributed by atoms with E-state index in [1.54, 1.807) is 13.0 Å². The zero-order valence-corrected chi connectivity index (χ0v) is 36.5. The molecule has 4 N–H and O–H groups in total. The molecule has 0 fully saturated rings. The second kappa shape index (κ2) is 19.1. The Kier molecular flexibility index (Phi) is 17.8. The third-order valence-corrected chi connectivity index (χ3v) is 11.7. The van der Waals surface area contributed by atoms with Gasteiger partial charge in [0.25, 0.3) is 11.8 Å². The van der Waals surface area contributed by atoms with Gasteiger partial charge < -0.3 is 30.3 Å². The number of phosphoric ester groups is 1. The van der Waals surface area contributed by atoms with Crippen LogP contribution in [0.3, 0.4) is 0 Å². The number of rotatable bonds is 15. The number of ether oxygens (including phenoxy) is 2. The molecule has 0 radical (unpaired) electrons. The van der Waals surface area contributed by atoms with E-state index in [1.807, 2.05) is 51.2 Å². The molecule has 43 heavy (non-hydrogen) atoms. The molecule has 0 aliphatic heterocycles. The molecule has 19 heteroatoms. The topological polar surface area (TPSA) is 162 Å². The highest BCUT2D eigenvalue weighted by molar-refractivity contribution is 14.1. The molecule has 2 rings (SSSR count). The molecule has 12 nitrogen and oxygen atoms in total. The first kappa shape index (κ1) is 40.1. The van der Waals surface area contributed by atoms with Gasteiger partial charge >= 0.3 is 7.82 Å². The third kappa shape index (κ3) is 11.5. The fraction of sp³-hybridized carbons (Fsp3) is 0.375. The molecule has 238 valence electrons. The number of halogens is 6. The smallest absolute Gasteiger partial charge is 0.472 e. The predicted molar refractivity (Wildman–Crippen MR) is 211 cm³/mol. The molecule has 2 aromatic rings. The monoisotopic (exact) mass is 1290 g/mol. The van der Waals surface area contributed by atoms with Gasteiger partial charge in [0, 0.05) is 20.2 Å². The van der Waals surface area contributed by atoms with Crippen LogP contribution < -0.4 is 25.4 Å². The molecule has 0 saturated carbocycles. The molecule has 0 aromatic heterocycles. The summed E-state index contributed by atoms with van der Waals surface area (Å²) in [6, 6.07) is 2.23. The van der Waals surface area contributed by atoms with Gasteiger partial charge in [-0.15, -0.1) is 0 Å². The number of hydrogen-bond acceptors (Lipinski definition) is 8. The second-order valence-electron chi connectivity index (χ2n) is 8.30. The minimum Gasteiger partial charge on any atom is -0.495 e. The maximum Gasteiger partial charge on any atom is 0.472 e. The van der Waals surface area contributed by atoms with Crippen molar-refractivity contribution in [3.05, 3.63) is 44.7 Å². The quantitative estimate of drug-likeness (QED) is 0.102. The fourth-order valence-electron chi connectivity index (χ4n) is 3.33. The van der Waals surface area contributed by atoms with Gasteiger partial charge in [-0.1, -0.05) is 6.92 Å². The lowest BCUT2D eigenvalue weighted by atomic mass is 10.1. The summed E-state index contributed by atoms with van der Waals surface area (Å²) >= 11 is 12.4. The Balaban J connectivity index is 2.17. The highest BCUT2D eigenvalue weighted by atomic mass is 127. The van der Waals surface area contributed by atoms with E-state index in [0.29, 0.717) is 34.2 Å². The van der Waals surface area contributed by atoms with Crippen molar-refractivity contribution in [2.75, 3.05) is 40.5 Å². The summed E-state index contributed by atoms with van der Waals surface area (Å²) in [5, 5.41) is 7.98. The van der Waals surface area contributed by atoms with Gasteiger partial charge in [-0.25, -0.2) is 4.57 Å². The van der Waals surface area contributed by atoms with Crippen LogP contribution in [0.1, 0.15) is 34.1 Å². The fourth-order valence-corrected chi connectivity index (χ4v) is 12.8. The molecule has 0 aliphatic rings. The first-order valence-corrected chi connectivity index (χ1v) is 20.1. The molecule has 2 aromatic carbocycles. The van der Waals surface area contributed by atoms with Crippen molar-refractivity contribution in [1.29, 1.82) is 0 Å². The Hall–Kier alpha value is 0.940. The average molecular weight is 1290 g/mol. The minimum atomic E-state index is -4.48. The number of hydrogen-bond donors (Lipinski definition) is 4. The van der Waals surface area contributed by atoms with E-state index in [4.69, 9.17) is 18.5 Å². The minimum absolute atomic E-state index is 0.00114. The summed E-state index contributed by atoms with van der Waals surface area (Å²) < 4.78 is 37.2. The van der Waals surface area contributed by atoms with Gasteiger partial charge in [-0.3, -0.25) is 23.4 Å². The molecular formula is C24H26I6N3O9P. The van der Waals surface area contributed by atoms with Gasteiger partial charge in [-0.05, 0) is 154 Å². The number of methoxy groups -OCH3 is 2. The van der Waals surface area contributed by atoms with Crippen LogP contribution in [0.2, 0.25) is 0 Å². The molecule has 0 saturated heterocycles. The van der Waals surface area contributed by atoms with E-state index in [0.717, 1.165) is 10.7 Å². The van der Waals surface area contributed by atoms with Crippen LogP contribution in [0.15, 0.2) is 12.1 Å². The van der Waals surface area contributed by atoms with Crippen LogP contribution in [0, 0.1) is 21.4 Å². The molecule has 0 heterocycles. The molecule has 1 unspecified atom stereocenters. The standard InChI is InChI=1S/C24H26I6N3O9P/c1-4-7-41-43(37,38)42-10-15(33-24(36)17-12(26)9-14(28)21(40-3)19(17)30)22(34)31-5-6-32-23(35)16-11(25)8-13(27)20(39-2)18(16)29/h8-9,15H,4-7,10H2,1-3H3,(H,31,34)(H,32,35)(H,33,36)(H,37,38)/t15-/m0/s1. The van der Waals surface area contributed by atoms with Crippen LogP contribution in [0.4, 0.5) is 0 Å². The first-order valence-electron chi connectivity index (χ1n) is 12.1.